The molecule has 1 aromatic carbocycles. The number of benzene rings is 1. The van der Waals surface area contributed by atoms with E-state index in [1.54, 1.807) is 28.1 Å². The average Bonchev–Trinajstić information content (AvgIpc) is 2.87. The Bertz CT molecular complexity index is 889. The normalized spacial score (nSPS) is 15.1. The van der Waals surface area contributed by atoms with Gasteiger partial charge < -0.3 is 36.1 Å². The molecule has 39 heavy (non-hydrogen) atoms. The summed E-state index contributed by atoms with van der Waals surface area (Å²) in [5.74, 6) is 0.792. The molecule has 0 spiro atoms. The van der Waals surface area contributed by atoms with E-state index < -0.39 is 29.4 Å². The second-order valence-electron chi connectivity index (χ2n) is 11.9. The van der Waals surface area contributed by atoms with Crippen molar-refractivity contribution in [2.75, 3.05) is 34.0 Å². The number of rotatable bonds is 19. The molecule has 2 amide bonds. The van der Waals surface area contributed by atoms with E-state index in [-0.39, 0.29) is 30.7 Å². The third kappa shape index (κ3) is 11.7. The molecule has 1 rings (SSSR count). The van der Waals surface area contributed by atoms with Gasteiger partial charge in [0.1, 0.15) is 0 Å². The van der Waals surface area contributed by atoms with Crippen LogP contribution in [0.1, 0.15) is 66.4 Å². The minimum absolute atomic E-state index is 0.00829. The smallest absolute Gasteiger partial charge is 0.224 e. The van der Waals surface area contributed by atoms with Gasteiger partial charge in [0.2, 0.25) is 11.8 Å². The van der Waals surface area contributed by atoms with E-state index in [4.69, 9.17) is 25.7 Å². The summed E-state index contributed by atoms with van der Waals surface area (Å²) in [6, 6.07) is 5.47. The summed E-state index contributed by atoms with van der Waals surface area (Å²) in [6.45, 7) is 12.9. The Labute approximate surface area is 235 Å². The number of carbonyl (C=O) groups is 2. The fraction of sp³-hybridized carbons (Fsp3) is 0.733. The zero-order chi connectivity index (χ0) is 29.8. The molecule has 0 saturated heterocycles. The molecule has 4 atom stereocenters. The van der Waals surface area contributed by atoms with Crippen LogP contribution < -0.4 is 26.3 Å². The van der Waals surface area contributed by atoms with E-state index in [2.05, 4.69) is 19.2 Å². The Kier molecular flexibility index (Phi) is 14.8. The fourth-order valence-corrected chi connectivity index (χ4v) is 4.39. The van der Waals surface area contributed by atoms with Crippen LogP contribution in [0.2, 0.25) is 0 Å². The molecular weight excluding hydrogens is 498 g/mol. The number of primary amides is 1. The predicted molar refractivity (Wildman–Crippen MR) is 155 cm³/mol. The van der Waals surface area contributed by atoms with Gasteiger partial charge in [-0.3, -0.25) is 9.59 Å². The van der Waals surface area contributed by atoms with Crippen LogP contribution in [-0.4, -0.2) is 63.0 Å². The number of hydrogen-bond acceptors (Lipinski definition) is 7. The number of nitrogens with one attached hydrogen (secondary N) is 1. The molecule has 0 heterocycles. The van der Waals surface area contributed by atoms with E-state index in [0.717, 1.165) is 18.4 Å². The molecule has 0 radical (unpaired) electrons. The van der Waals surface area contributed by atoms with Gasteiger partial charge in [-0.25, -0.2) is 0 Å². The largest absolute Gasteiger partial charge is 0.493 e. The van der Waals surface area contributed by atoms with Gasteiger partial charge in [0.25, 0.3) is 0 Å². The first-order valence-corrected chi connectivity index (χ1v) is 14.0. The van der Waals surface area contributed by atoms with Crippen molar-refractivity contribution in [3.63, 3.8) is 0 Å². The summed E-state index contributed by atoms with van der Waals surface area (Å²) in [5.41, 5.74) is 12.2. The molecule has 0 aliphatic carbocycles. The third-order valence-electron chi connectivity index (χ3n) is 7.50. The lowest BCUT2D eigenvalue weighted by Gasteiger charge is -2.30. The monoisotopic (exact) mass is 551 g/mol. The Morgan fingerprint density at radius 3 is 2.23 bits per heavy atom. The number of aliphatic hydroxyl groups excluding tert-OH is 1. The molecule has 0 saturated carbocycles. The number of ether oxygens (including phenoxy) is 3. The molecule has 0 aliphatic heterocycles. The van der Waals surface area contributed by atoms with Crippen molar-refractivity contribution in [1.29, 1.82) is 0 Å². The number of aliphatic hydroxyl groups is 1. The van der Waals surface area contributed by atoms with Crippen LogP contribution >= 0.6 is 0 Å². The zero-order valence-corrected chi connectivity index (χ0v) is 25.3. The molecule has 0 aliphatic rings. The molecule has 0 bridgehead atoms. The molecule has 0 aromatic heterocycles. The van der Waals surface area contributed by atoms with Crippen molar-refractivity contribution in [3.05, 3.63) is 23.8 Å². The maximum absolute atomic E-state index is 12.9. The van der Waals surface area contributed by atoms with Gasteiger partial charge in [0.15, 0.2) is 11.5 Å². The van der Waals surface area contributed by atoms with Crippen molar-refractivity contribution in [1.82, 2.24) is 5.32 Å². The van der Waals surface area contributed by atoms with Gasteiger partial charge >= 0.3 is 0 Å². The molecule has 0 fully saturated rings. The van der Waals surface area contributed by atoms with Crippen LogP contribution in [0.25, 0.3) is 0 Å². The quantitative estimate of drug-likeness (QED) is 0.193. The summed E-state index contributed by atoms with van der Waals surface area (Å²) < 4.78 is 16.5. The lowest BCUT2D eigenvalue weighted by atomic mass is 9.80. The average molecular weight is 552 g/mol. The van der Waals surface area contributed by atoms with Crippen molar-refractivity contribution in [3.8, 4) is 11.5 Å². The van der Waals surface area contributed by atoms with Crippen LogP contribution in [0.5, 0.6) is 11.5 Å². The first-order valence-electron chi connectivity index (χ1n) is 14.0. The van der Waals surface area contributed by atoms with Gasteiger partial charge in [0.05, 0.1) is 25.2 Å². The summed E-state index contributed by atoms with van der Waals surface area (Å²) in [6.07, 6.45) is 1.56. The highest BCUT2D eigenvalue weighted by Crippen LogP contribution is 2.32. The number of methoxy groups -OCH3 is 2. The Morgan fingerprint density at radius 1 is 1.03 bits per heavy atom. The highest BCUT2D eigenvalue weighted by Gasteiger charge is 2.32. The second-order valence-corrected chi connectivity index (χ2v) is 11.9. The van der Waals surface area contributed by atoms with Gasteiger partial charge in [0, 0.05) is 38.6 Å². The standard InChI is InChI=1S/C30H53N3O6/c1-19(2)22(14-21-10-11-26(38-8)27(15-21)39-13-9-12-37-7)16-24(31)25(34)17-23(20(3)4)28(35)33-18-30(5,6)29(32)36/h10-11,15,19-20,22-25,34H,9,12-14,16-18,31H2,1-8H3,(H2,32,36)(H,33,35)/t22-,23?,24-,25-/m0/s1. The van der Waals surface area contributed by atoms with Gasteiger partial charge in [-0.05, 0) is 68.6 Å². The molecular formula is C30H53N3O6. The number of nitrogens with two attached hydrogens (primary N) is 2. The lowest BCUT2D eigenvalue weighted by Crippen LogP contribution is -2.46. The first-order chi connectivity index (χ1) is 18.2. The van der Waals surface area contributed by atoms with E-state index in [9.17, 15) is 14.7 Å². The SMILES string of the molecule is COCCCOc1cc(C[C@@H](C[C@H](N)[C@@H](O)CC(C(=O)NCC(C)(C)C(N)=O)C(C)C)C(C)C)ccc1OC. The first kappa shape index (κ1) is 34.7. The molecule has 9 nitrogen and oxygen atoms in total. The summed E-state index contributed by atoms with van der Waals surface area (Å²) in [5, 5.41) is 13.9. The Morgan fingerprint density at radius 2 is 1.69 bits per heavy atom. The van der Waals surface area contributed by atoms with Crippen LogP contribution in [0, 0.1) is 29.1 Å². The van der Waals surface area contributed by atoms with Gasteiger partial charge in [-0.1, -0.05) is 33.8 Å². The minimum Gasteiger partial charge on any atom is -0.493 e. The van der Waals surface area contributed by atoms with E-state index in [1.165, 1.54) is 0 Å². The third-order valence-corrected chi connectivity index (χ3v) is 7.50. The van der Waals surface area contributed by atoms with E-state index in [1.807, 2.05) is 32.0 Å². The summed E-state index contributed by atoms with van der Waals surface area (Å²) >= 11 is 0. The van der Waals surface area contributed by atoms with Gasteiger partial charge in [-0.15, -0.1) is 0 Å². The molecule has 224 valence electrons. The Balaban J connectivity index is 2.87. The van der Waals surface area contributed by atoms with Crippen LogP contribution in [0.3, 0.4) is 0 Å². The summed E-state index contributed by atoms with van der Waals surface area (Å²) in [7, 11) is 3.29. The van der Waals surface area contributed by atoms with Gasteiger partial charge in [-0.2, -0.15) is 0 Å². The number of amides is 2. The molecule has 1 unspecified atom stereocenters. The van der Waals surface area contributed by atoms with Crippen LogP contribution in [0.15, 0.2) is 18.2 Å². The van der Waals surface area contributed by atoms with Crippen molar-refractivity contribution >= 4 is 11.8 Å². The summed E-state index contributed by atoms with van der Waals surface area (Å²) in [4.78, 5) is 24.5. The maximum atomic E-state index is 12.9. The minimum atomic E-state index is -0.854. The zero-order valence-electron chi connectivity index (χ0n) is 25.3. The number of hydrogen-bond donors (Lipinski definition) is 4. The lowest BCUT2D eigenvalue weighted by molar-refractivity contribution is -0.130. The van der Waals surface area contributed by atoms with Crippen molar-refractivity contribution in [2.45, 2.75) is 79.4 Å². The maximum Gasteiger partial charge on any atom is 0.224 e. The molecule has 9 heteroatoms. The topological polar surface area (TPSA) is 146 Å². The Hall–Kier alpha value is -2.36. The van der Waals surface area contributed by atoms with E-state index in [0.29, 0.717) is 37.1 Å². The molecule has 1 aromatic rings. The predicted octanol–water partition coefficient (Wildman–Crippen LogP) is 3.29. The van der Waals surface area contributed by atoms with Crippen molar-refractivity contribution in [2.24, 2.45) is 40.6 Å². The number of carbonyl (C=O) groups excluding carboxylic acids is 2. The van der Waals surface area contributed by atoms with Crippen LogP contribution in [-0.2, 0) is 20.7 Å². The van der Waals surface area contributed by atoms with E-state index >= 15 is 0 Å². The van der Waals surface area contributed by atoms with Crippen molar-refractivity contribution < 1.29 is 28.9 Å². The fourth-order valence-electron chi connectivity index (χ4n) is 4.39. The van der Waals surface area contributed by atoms with Crippen LogP contribution in [0.4, 0.5) is 0 Å². The second kappa shape index (κ2) is 16.7. The highest BCUT2D eigenvalue weighted by molar-refractivity contribution is 5.83. The highest BCUT2D eigenvalue weighted by atomic mass is 16.5. The molecule has 6 N–H and O–H groups in total.